The van der Waals surface area contributed by atoms with Gasteiger partial charge in [-0.15, -0.1) is 0 Å². The van der Waals surface area contributed by atoms with Gasteiger partial charge in [-0.05, 0) is 12.8 Å². The van der Waals surface area contributed by atoms with E-state index in [4.69, 9.17) is 0 Å². The van der Waals surface area contributed by atoms with Crippen LogP contribution in [0.2, 0.25) is 0 Å². The number of piperazine rings is 1. The molecule has 4 amide bonds. The van der Waals surface area contributed by atoms with Crippen molar-refractivity contribution < 1.29 is 14.4 Å². The fraction of sp³-hybridized carbons (Fsp3) is 0.611. The Morgan fingerprint density at radius 2 is 1.85 bits per heavy atom. The Bertz CT molecular complexity index is 726. The third kappa shape index (κ3) is 3.33. The van der Waals surface area contributed by atoms with Gasteiger partial charge in [0.1, 0.15) is 11.4 Å². The molecule has 4 rings (SSSR count). The summed E-state index contributed by atoms with van der Waals surface area (Å²) in [7, 11) is 0. The molecule has 0 bridgehead atoms. The Hall–Kier alpha value is -2.71. The summed E-state index contributed by atoms with van der Waals surface area (Å²) < 4.78 is 0. The molecule has 0 aromatic carbocycles. The molecule has 0 atom stereocenters. The third-order valence-electron chi connectivity index (χ3n) is 5.76. The number of anilines is 1. The largest absolute Gasteiger partial charge is 0.352 e. The Morgan fingerprint density at radius 1 is 1.11 bits per heavy atom. The minimum atomic E-state index is -0.706. The fourth-order valence-corrected chi connectivity index (χ4v) is 4.20. The van der Waals surface area contributed by atoms with Crippen LogP contribution in [-0.4, -0.2) is 75.9 Å². The van der Waals surface area contributed by atoms with Gasteiger partial charge in [0, 0.05) is 51.5 Å². The minimum absolute atomic E-state index is 0.0261. The highest BCUT2D eigenvalue weighted by molar-refractivity contribution is 6.07. The molecule has 2 aliphatic heterocycles. The molecule has 3 heterocycles. The Labute approximate surface area is 157 Å². The lowest BCUT2D eigenvalue weighted by molar-refractivity contribution is -0.133. The highest BCUT2D eigenvalue weighted by Gasteiger charge is 2.52. The molecule has 3 aliphatic rings. The first-order valence-electron chi connectivity index (χ1n) is 9.52. The van der Waals surface area contributed by atoms with E-state index in [2.05, 4.69) is 20.2 Å². The third-order valence-corrected chi connectivity index (χ3v) is 5.76. The number of imide groups is 1. The zero-order chi connectivity index (χ0) is 18.9. The summed E-state index contributed by atoms with van der Waals surface area (Å²) in [6, 6.07) is -0.359. The fourth-order valence-electron chi connectivity index (χ4n) is 4.20. The molecule has 9 heteroatoms. The zero-order valence-corrected chi connectivity index (χ0v) is 15.3. The monoisotopic (exact) mass is 372 g/mol. The van der Waals surface area contributed by atoms with Crippen LogP contribution >= 0.6 is 0 Å². The van der Waals surface area contributed by atoms with Crippen LogP contribution < -0.4 is 10.2 Å². The van der Waals surface area contributed by atoms with E-state index in [1.165, 1.54) is 4.90 Å². The van der Waals surface area contributed by atoms with Gasteiger partial charge >= 0.3 is 6.03 Å². The molecule has 3 fully saturated rings. The Balaban J connectivity index is 1.28. The van der Waals surface area contributed by atoms with Crippen molar-refractivity contribution in [2.45, 2.75) is 37.6 Å². The molecule has 0 radical (unpaired) electrons. The molecule has 144 valence electrons. The number of hydrogen-bond donors (Lipinski definition) is 1. The smallest absolute Gasteiger partial charge is 0.325 e. The highest BCUT2D eigenvalue weighted by atomic mass is 16.2. The van der Waals surface area contributed by atoms with Crippen molar-refractivity contribution in [1.29, 1.82) is 0 Å². The maximum Gasteiger partial charge on any atom is 0.325 e. The van der Waals surface area contributed by atoms with Gasteiger partial charge in [-0.3, -0.25) is 19.5 Å². The molecule has 9 nitrogen and oxygen atoms in total. The minimum Gasteiger partial charge on any atom is -0.352 e. The lowest BCUT2D eigenvalue weighted by Gasteiger charge is -2.35. The Morgan fingerprint density at radius 3 is 2.52 bits per heavy atom. The van der Waals surface area contributed by atoms with E-state index in [9.17, 15) is 14.4 Å². The topological polar surface area (TPSA) is 98.7 Å². The van der Waals surface area contributed by atoms with E-state index in [1.54, 1.807) is 23.5 Å². The first-order chi connectivity index (χ1) is 13.1. The van der Waals surface area contributed by atoms with Crippen molar-refractivity contribution >= 4 is 23.7 Å². The first kappa shape index (κ1) is 17.7. The second-order valence-electron chi connectivity index (χ2n) is 7.36. The number of aromatic nitrogens is 2. The van der Waals surface area contributed by atoms with Crippen molar-refractivity contribution in [3.05, 3.63) is 18.6 Å². The van der Waals surface area contributed by atoms with Crippen molar-refractivity contribution in [3.8, 4) is 0 Å². The van der Waals surface area contributed by atoms with E-state index < -0.39 is 5.54 Å². The van der Waals surface area contributed by atoms with Crippen LogP contribution in [0.4, 0.5) is 10.6 Å². The summed E-state index contributed by atoms with van der Waals surface area (Å²) in [5, 5.41) is 2.85. The summed E-state index contributed by atoms with van der Waals surface area (Å²) >= 11 is 0. The van der Waals surface area contributed by atoms with Gasteiger partial charge in [0.2, 0.25) is 5.91 Å². The molecule has 1 spiro atoms. The maximum absolute atomic E-state index is 12.6. The number of carbonyl (C=O) groups is 3. The van der Waals surface area contributed by atoms with Crippen molar-refractivity contribution in [1.82, 2.24) is 25.1 Å². The van der Waals surface area contributed by atoms with Crippen LogP contribution in [0, 0.1) is 0 Å². The van der Waals surface area contributed by atoms with Crippen LogP contribution in [-0.2, 0) is 9.59 Å². The van der Waals surface area contributed by atoms with E-state index in [1.807, 2.05) is 0 Å². The number of nitrogens with one attached hydrogen (secondary N) is 1. The second kappa shape index (κ2) is 7.13. The van der Waals surface area contributed by atoms with Crippen LogP contribution in [0.15, 0.2) is 18.6 Å². The molecule has 1 aromatic rings. The van der Waals surface area contributed by atoms with Gasteiger partial charge in [-0.25, -0.2) is 9.78 Å². The summed E-state index contributed by atoms with van der Waals surface area (Å²) in [6.07, 6.45) is 8.48. The van der Waals surface area contributed by atoms with Crippen LogP contribution in [0.5, 0.6) is 0 Å². The number of rotatable bonds is 4. The summed E-state index contributed by atoms with van der Waals surface area (Å²) in [4.78, 5) is 50.8. The van der Waals surface area contributed by atoms with Crippen LogP contribution in [0.1, 0.15) is 32.1 Å². The van der Waals surface area contributed by atoms with Crippen LogP contribution in [0.25, 0.3) is 0 Å². The van der Waals surface area contributed by atoms with Gasteiger partial charge in [-0.2, -0.15) is 0 Å². The van der Waals surface area contributed by atoms with Crippen molar-refractivity contribution in [3.63, 3.8) is 0 Å². The van der Waals surface area contributed by atoms with Gasteiger partial charge < -0.3 is 15.1 Å². The molecule has 2 saturated heterocycles. The average molecular weight is 372 g/mol. The lowest BCUT2D eigenvalue weighted by atomic mass is 9.98. The normalized spacial score (nSPS) is 21.9. The number of carbonyl (C=O) groups excluding carboxylic acids is 3. The number of nitrogens with zero attached hydrogens (tertiary/aromatic N) is 5. The molecule has 0 unspecified atom stereocenters. The van der Waals surface area contributed by atoms with Crippen molar-refractivity contribution in [2.24, 2.45) is 0 Å². The summed E-state index contributed by atoms with van der Waals surface area (Å²) in [6.45, 7) is 2.72. The van der Waals surface area contributed by atoms with E-state index in [0.717, 1.165) is 18.7 Å². The zero-order valence-electron chi connectivity index (χ0n) is 15.3. The van der Waals surface area contributed by atoms with Gasteiger partial charge in [0.15, 0.2) is 0 Å². The molecule has 1 saturated carbocycles. The van der Waals surface area contributed by atoms with E-state index in [0.29, 0.717) is 39.0 Å². The van der Waals surface area contributed by atoms with Crippen molar-refractivity contribution in [2.75, 3.05) is 37.6 Å². The van der Waals surface area contributed by atoms with E-state index >= 15 is 0 Å². The summed E-state index contributed by atoms with van der Waals surface area (Å²) in [5.74, 6) is 0.623. The van der Waals surface area contributed by atoms with Gasteiger partial charge in [0.25, 0.3) is 5.91 Å². The molecule has 27 heavy (non-hydrogen) atoms. The maximum atomic E-state index is 12.6. The van der Waals surface area contributed by atoms with E-state index in [-0.39, 0.29) is 30.8 Å². The van der Waals surface area contributed by atoms with Crippen LogP contribution in [0.3, 0.4) is 0 Å². The van der Waals surface area contributed by atoms with Gasteiger partial charge in [-0.1, -0.05) is 12.8 Å². The number of amides is 4. The number of urea groups is 1. The standard InChI is InChI=1S/C18H24N6O3/c25-15(23-11-9-22(10-12-23)14-13-19-6-7-20-14)3-8-24-16(26)18(21-17(24)27)4-1-2-5-18/h6-7,13H,1-5,8-12H2,(H,21,27). The quantitative estimate of drug-likeness (QED) is 0.767. The predicted molar refractivity (Wildman–Crippen MR) is 96.9 cm³/mol. The molecule has 1 aliphatic carbocycles. The highest BCUT2D eigenvalue weighted by Crippen LogP contribution is 2.35. The number of hydrogen-bond acceptors (Lipinski definition) is 6. The molecule has 1 aromatic heterocycles. The predicted octanol–water partition coefficient (Wildman–Crippen LogP) is 0.380. The Kier molecular flexibility index (Phi) is 4.67. The lowest BCUT2D eigenvalue weighted by Crippen LogP contribution is -2.49. The SMILES string of the molecule is O=C(CCN1C(=O)NC2(CCCC2)C1=O)N1CCN(c2cnccn2)CC1. The molecule has 1 N–H and O–H groups in total. The average Bonchev–Trinajstić information content (AvgIpc) is 3.26. The molecular weight excluding hydrogens is 348 g/mol. The first-order valence-corrected chi connectivity index (χ1v) is 9.52. The summed E-state index contributed by atoms with van der Waals surface area (Å²) in [5.41, 5.74) is -0.706. The molecular formula is C18H24N6O3. The van der Waals surface area contributed by atoms with Gasteiger partial charge in [0.05, 0.1) is 6.20 Å². The second-order valence-corrected chi connectivity index (χ2v) is 7.36.